The summed E-state index contributed by atoms with van der Waals surface area (Å²) in [5.41, 5.74) is 6.05. The molecule has 0 bridgehead atoms. The number of amides is 2. The molecule has 0 saturated carbocycles. The lowest BCUT2D eigenvalue weighted by Gasteiger charge is -2.25. The summed E-state index contributed by atoms with van der Waals surface area (Å²) in [5, 5.41) is 0. The van der Waals surface area contributed by atoms with Crippen molar-refractivity contribution in [2.24, 2.45) is 5.73 Å². The number of nitrogens with two attached hydrogens (primary N) is 1. The Morgan fingerprint density at radius 2 is 2.11 bits per heavy atom. The van der Waals surface area contributed by atoms with Gasteiger partial charge in [-0.05, 0) is 33.0 Å². The molecule has 1 aromatic heterocycles. The summed E-state index contributed by atoms with van der Waals surface area (Å²) in [5.74, 6) is -0.618. The molecule has 0 aliphatic carbocycles. The number of aryl methyl sites for hydroxylation is 1. The van der Waals surface area contributed by atoms with Crippen LogP contribution in [-0.2, 0) is 16.0 Å². The van der Waals surface area contributed by atoms with Crippen LogP contribution in [0.25, 0.3) is 0 Å². The van der Waals surface area contributed by atoms with E-state index in [9.17, 15) is 9.59 Å². The Hall–Kier alpha value is -1.21. The van der Waals surface area contributed by atoms with Crippen molar-refractivity contribution >= 4 is 35.4 Å². The Morgan fingerprint density at radius 3 is 2.50 bits per heavy atom. The van der Waals surface area contributed by atoms with Crippen LogP contribution >= 0.6 is 23.6 Å². The van der Waals surface area contributed by atoms with Gasteiger partial charge in [-0.1, -0.05) is 0 Å². The first-order valence-electron chi connectivity index (χ1n) is 5.57. The van der Waals surface area contributed by atoms with Gasteiger partial charge in [-0.25, -0.2) is 0 Å². The summed E-state index contributed by atoms with van der Waals surface area (Å²) in [6.07, 6.45) is 0.245. The fourth-order valence-electron chi connectivity index (χ4n) is 1.57. The van der Waals surface area contributed by atoms with Gasteiger partial charge in [0.1, 0.15) is 0 Å². The standard InChI is InChI=1S/C11H17N3O2S2/c1-6(2)14(5-9(12)15)10(16)4-8-7(3)13-11(17)18-8/h6H,4-5H2,1-3H3,(H2,12,15)(H,13,17). The number of aromatic amines is 1. The van der Waals surface area contributed by atoms with Gasteiger partial charge in [0.15, 0.2) is 3.95 Å². The third kappa shape index (κ3) is 3.92. The summed E-state index contributed by atoms with van der Waals surface area (Å²) < 4.78 is 0.654. The van der Waals surface area contributed by atoms with E-state index < -0.39 is 5.91 Å². The number of thiazole rings is 1. The van der Waals surface area contributed by atoms with E-state index in [-0.39, 0.29) is 24.9 Å². The number of nitrogens with zero attached hydrogens (tertiary/aromatic N) is 1. The zero-order valence-corrected chi connectivity index (χ0v) is 12.3. The average Bonchev–Trinajstić information content (AvgIpc) is 2.53. The highest BCUT2D eigenvalue weighted by atomic mass is 32.1. The third-order valence-corrected chi connectivity index (χ3v) is 3.84. The van der Waals surface area contributed by atoms with E-state index in [4.69, 9.17) is 18.0 Å². The normalized spacial score (nSPS) is 10.7. The van der Waals surface area contributed by atoms with Crippen molar-refractivity contribution in [3.05, 3.63) is 14.5 Å². The van der Waals surface area contributed by atoms with Crippen LogP contribution in [0.1, 0.15) is 24.4 Å². The number of aromatic nitrogens is 1. The predicted molar refractivity (Wildman–Crippen MR) is 74.0 cm³/mol. The van der Waals surface area contributed by atoms with Gasteiger partial charge in [-0.3, -0.25) is 9.59 Å². The number of nitrogens with one attached hydrogen (secondary N) is 1. The number of hydrogen-bond acceptors (Lipinski definition) is 4. The second kappa shape index (κ2) is 6.10. The molecule has 7 heteroatoms. The van der Waals surface area contributed by atoms with Gasteiger partial charge in [0.2, 0.25) is 11.8 Å². The molecular weight excluding hydrogens is 270 g/mol. The summed E-state index contributed by atoms with van der Waals surface area (Å²) in [6, 6.07) is -0.0581. The monoisotopic (exact) mass is 287 g/mol. The molecule has 18 heavy (non-hydrogen) atoms. The molecule has 1 heterocycles. The molecule has 0 unspecified atom stereocenters. The first-order chi connectivity index (χ1) is 8.31. The van der Waals surface area contributed by atoms with Gasteiger partial charge < -0.3 is 15.6 Å². The third-order valence-electron chi connectivity index (χ3n) is 2.51. The van der Waals surface area contributed by atoms with Gasteiger partial charge in [0.05, 0.1) is 13.0 Å². The minimum atomic E-state index is -0.504. The molecule has 0 fully saturated rings. The zero-order chi connectivity index (χ0) is 13.9. The summed E-state index contributed by atoms with van der Waals surface area (Å²) >= 11 is 6.41. The SMILES string of the molecule is Cc1[nH]c(=S)sc1CC(=O)N(CC(N)=O)C(C)C. The maximum Gasteiger partial charge on any atom is 0.237 e. The van der Waals surface area contributed by atoms with Crippen LogP contribution in [0.4, 0.5) is 0 Å². The smallest absolute Gasteiger partial charge is 0.237 e. The summed E-state index contributed by atoms with van der Waals surface area (Å²) in [6.45, 7) is 5.54. The molecule has 0 radical (unpaired) electrons. The van der Waals surface area contributed by atoms with Crippen molar-refractivity contribution in [1.82, 2.24) is 9.88 Å². The van der Waals surface area contributed by atoms with E-state index in [0.29, 0.717) is 3.95 Å². The van der Waals surface area contributed by atoms with E-state index in [2.05, 4.69) is 4.98 Å². The highest BCUT2D eigenvalue weighted by Crippen LogP contribution is 2.16. The Kier molecular flexibility index (Phi) is 5.03. The van der Waals surface area contributed by atoms with Crippen LogP contribution < -0.4 is 5.73 Å². The molecule has 2 amide bonds. The van der Waals surface area contributed by atoms with Crippen LogP contribution in [-0.4, -0.2) is 34.3 Å². The highest BCUT2D eigenvalue weighted by Gasteiger charge is 2.20. The summed E-state index contributed by atoms with van der Waals surface area (Å²) in [7, 11) is 0. The minimum absolute atomic E-state index is 0.0502. The largest absolute Gasteiger partial charge is 0.368 e. The van der Waals surface area contributed by atoms with E-state index >= 15 is 0 Å². The zero-order valence-electron chi connectivity index (χ0n) is 10.6. The molecule has 0 aliphatic heterocycles. The summed E-state index contributed by atoms with van der Waals surface area (Å²) in [4.78, 5) is 28.5. The Balaban J connectivity index is 2.82. The van der Waals surface area contributed by atoms with Crippen molar-refractivity contribution in [2.45, 2.75) is 33.2 Å². The fourth-order valence-corrected chi connectivity index (χ4v) is 2.85. The molecule has 0 atom stereocenters. The van der Waals surface area contributed by atoms with Crippen molar-refractivity contribution < 1.29 is 9.59 Å². The Labute approximate surface area is 115 Å². The minimum Gasteiger partial charge on any atom is -0.368 e. The van der Waals surface area contributed by atoms with Gasteiger partial charge in [0.25, 0.3) is 0 Å². The molecule has 1 aromatic rings. The van der Waals surface area contributed by atoms with E-state index in [1.807, 2.05) is 20.8 Å². The van der Waals surface area contributed by atoms with Crippen molar-refractivity contribution in [2.75, 3.05) is 6.54 Å². The first-order valence-corrected chi connectivity index (χ1v) is 6.80. The Morgan fingerprint density at radius 1 is 1.50 bits per heavy atom. The van der Waals surface area contributed by atoms with Crippen molar-refractivity contribution in [3.8, 4) is 0 Å². The molecule has 100 valence electrons. The predicted octanol–water partition coefficient (Wildman–Crippen LogP) is 1.38. The molecule has 3 N–H and O–H groups in total. The highest BCUT2D eigenvalue weighted by molar-refractivity contribution is 7.73. The second-order valence-corrected chi connectivity index (χ2v) is 6.09. The van der Waals surface area contributed by atoms with Gasteiger partial charge >= 0.3 is 0 Å². The van der Waals surface area contributed by atoms with Gasteiger partial charge in [-0.15, -0.1) is 11.3 Å². The molecule has 1 rings (SSSR count). The molecular formula is C11H17N3O2S2. The van der Waals surface area contributed by atoms with Crippen LogP contribution in [0.3, 0.4) is 0 Å². The van der Waals surface area contributed by atoms with E-state index in [0.717, 1.165) is 10.6 Å². The lowest BCUT2D eigenvalue weighted by atomic mass is 10.2. The molecule has 0 spiro atoms. The van der Waals surface area contributed by atoms with Crippen LogP contribution in [0, 0.1) is 10.9 Å². The average molecular weight is 287 g/mol. The number of carbonyl (C=O) groups is 2. The topological polar surface area (TPSA) is 79.2 Å². The second-order valence-electron chi connectivity index (χ2n) is 4.32. The van der Waals surface area contributed by atoms with Crippen LogP contribution in [0.5, 0.6) is 0 Å². The molecule has 0 aromatic carbocycles. The number of H-pyrrole nitrogens is 1. The van der Waals surface area contributed by atoms with Crippen molar-refractivity contribution in [3.63, 3.8) is 0 Å². The lowest BCUT2D eigenvalue weighted by Crippen LogP contribution is -2.43. The lowest BCUT2D eigenvalue weighted by molar-refractivity contribution is -0.136. The van der Waals surface area contributed by atoms with Gasteiger partial charge in [-0.2, -0.15) is 0 Å². The van der Waals surface area contributed by atoms with Crippen LogP contribution in [0.15, 0.2) is 0 Å². The molecule has 5 nitrogen and oxygen atoms in total. The van der Waals surface area contributed by atoms with Crippen molar-refractivity contribution in [1.29, 1.82) is 0 Å². The van der Waals surface area contributed by atoms with Gasteiger partial charge in [0, 0.05) is 16.6 Å². The maximum atomic E-state index is 12.1. The fraction of sp³-hybridized carbons (Fsp3) is 0.545. The molecule has 0 saturated heterocycles. The van der Waals surface area contributed by atoms with Crippen LogP contribution in [0.2, 0.25) is 0 Å². The number of primary amides is 1. The maximum absolute atomic E-state index is 12.1. The number of carbonyl (C=O) groups excluding carboxylic acids is 2. The Bertz CT molecular complexity index is 505. The number of hydrogen-bond donors (Lipinski definition) is 2. The quantitative estimate of drug-likeness (QED) is 0.803. The van der Waals surface area contributed by atoms with E-state index in [1.54, 1.807) is 0 Å². The number of rotatable bonds is 5. The first kappa shape index (κ1) is 14.8. The van der Waals surface area contributed by atoms with E-state index in [1.165, 1.54) is 16.2 Å². The molecule has 0 aliphatic rings.